The SMILES string of the molecule is O=C(C1CCS(=O)(=O)CC1)N1C[C@@H]2CC[C@H]1CN(Cc1ccccn1)C2. The Bertz CT molecular complexity index is 739. The normalized spacial score (nSPS) is 29.5. The molecular formula is C19H27N3O3S. The number of aromatic nitrogens is 1. The van der Waals surface area contributed by atoms with Gasteiger partial charge in [0, 0.05) is 44.3 Å². The van der Waals surface area contributed by atoms with Gasteiger partial charge in [0.05, 0.1) is 17.2 Å². The van der Waals surface area contributed by atoms with Gasteiger partial charge in [-0.05, 0) is 43.7 Å². The number of pyridine rings is 1. The fraction of sp³-hybridized carbons (Fsp3) is 0.684. The van der Waals surface area contributed by atoms with E-state index in [1.807, 2.05) is 18.3 Å². The van der Waals surface area contributed by atoms with Gasteiger partial charge in [0.1, 0.15) is 9.84 Å². The Morgan fingerprint density at radius 1 is 1.08 bits per heavy atom. The molecule has 6 nitrogen and oxygen atoms in total. The van der Waals surface area contributed by atoms with Crippen molar-refractivity contribution in [2.24, 2.45) is 11.8 Å². The van der Waals surface area contributed by atoms with Gasteiger partial charge in [0.2, 0.25) is 5.91 Å². The molecule has 0 aromatic carbocycles. The van der Waals surface area contributed by atoms with Crippen LogP contribution in [0.1, 0.15) is 31.4 Å². The van der Waals surface area contributed by atoms with Gasteiger partial charge in [-0.15, -0.1) is 0 Å². The second-order valence-corrected chi connectivity index (χ2v) is 10.3. The highest BCUT2D eigenvalue weighted by Crippen LogP contribution is 2.31. The Hall–Kier alpha value is -1.47. The van der Waals surface area contributed by atoms with E-state index in [1.54, 1.807) is 0 Å². The molecule has 1 aromatic rings. The predicted octanol–water partition coefficient (Wildman–Crippen LogP) is 1.33. The zero-order valence-electron chi connectivity index (χ0n) is 15.1. The summed E-state index contributed by atoms with van der Waals surface area (Å²) in [6, 6.07) is 6.25. The number of carbonyl (C=O) groups excluding carboxylic acids is 1. The van der Waals surface area contributed by atoms with Crippen LogP contribution in [0.25, 0.3) is 0 Å². The predicted molar refractivity (Wildman–Crippen MR) is 99.1 cm³/mol. The molecule has 4 aliphatic rings. The summed E-state index contributed by atoms with van der Waals surface area (Å²) in [5.74, 6) is 0.916. The third-order valence-electron chi connectivity index (χ3n) is 6.09. The van der Waals surface area contributed by atoms with Crippen LogP contribution in [0.3, 0.4) is 0 Å². The fourth-order valence-electron chi connectivity index (χ4n) is 4.67. The molecule has 5 heterocycles. The third-order valence-corrected chi connectivity index (χ3v) is 7.80. The van der Waals surface area contributed by atoms with Crippen molar-refractivity contribution in [3.05, 3.63) is 30.1 Å². The summed E-state index contributed by atoms with van der Waals surface area (Å²) in [5.41, 5.74) is 1.07. The maximum Gasteiger partial charge on any atom is 0.226 e. The summed E-state index contributed by atoms with van der Waals surface area (Å²) in [7, 11) is -2.93. The van der Waals surface area contributed by atoms with E-state index < -0.39 is 9.84 Å². The summed E-state index contributed by atoms with van der Waals surface area (Å²) in [6.07, 6.45) is 5.04. The zero-order valence-corrected chi connectivity index (χ0v) is 15.9. The summed E-state index contributed by atoms with van der Waals surface area (Å²) in [5, 5.41) is 0. The van der Waals surface area contributed by atoms with Gasteiger partial charge in [-0.1, -0.05) is 6.07 Å². The van der Waals surface area contributed by atoms with Crippen LogP contribution in [0.15, 0.2) is 24.4 Å². The van der Waals surface area contributed by atoms with Crippen LogP contribution < -0.4 is 0 Å². The van der Waals surface area contributed by atoms with Gasteiger partial charge >= 0.3 is 0 Å². The first-order chi connectivity index (χ1) is 12.5. The largest absolute Gasteiger partial charge is 0.338 e. The highest BCUT2D eigenvalue weighted by molar-refractivity contribution is 7.91. The minimum atomic E-state index is -2.93. The molecule has 0 aliphatic carbocycles. The third kappa shape index (κ3) is 3.93. The molecule has 0 saturated carbocycles. The minimum Gasteiger partial charge on any atom is -0.338 e. The minimum absolute atomic E-state index is 0.109. The van der Waals surface area contributed by atoms with Crippen LogP contribution in [0.4, 0.5) is 0 Å². The molecule has 142 valence electrons. The average Bonchev–Trinajstić information content (AvgIpc) is 2.92. The number of hydrogen-bond donors (Lipinski definition) is 0. The van der Waals surface area contributed by atoms with Crippen LogP contribution in [-0.4, -0.2) is 66.3 Å². The van der Waals surface area contributed by atoms with Crippen molar-refractivity contribution in [1.82, 2.24) is 14.8 Å². The molecule has 26 heavy (non-hydrogen) atoms. The molecule has 0 radical (unpaired) electrons. The second kappa shape index (κ2) is 7.27. The number of amides is 1. The molecular weight excluding hydrogens is 350 g/mol. The molecule has 4 saturated heterocycles. The number of carbonyl (C=O) groups is 1. The molecule has 4 aliphatic heterocycles. The van der Waals surface area contributed by atoms with Crippen LogP contribution in [0, 0.1) is 11.8 Å². The smallest absolute Gasteiger partial charge is 0.226 e. The number of sulfone groups is 1. The molecule has 5 rings (SSSR count). The number of nitrogens with zero attached hydrogens (tertiary/aromatic N) is 3. The highest BCUT2D eigenvalue weighted by atomic mass is 32.2. The van der Waals surface area contributed by atoms with E-state index in [2.05, 4.69) is 20.9 Å². The average molecular weight is 378 g/mol. The lowest BCUT2D eigenvalue weighted by molar-refractivity contribution is -0.140. The summed E-state index contributed by atoms with van der Waals surface area (Å²) in [4.78, 5) is 22.0. The molecule has 2 bridgehead atoms. The van der Waals surface area contributed by atoms with Crippen molar-refractivity contribution in [3.63, 3.8) is 0 Å². The topological polar surface area (TPSA) is 70.6 Å². The Morgan fingerprint density at radius 2 is 1.88 bits per heavy atom. The van der Waals surface area contributed by atoms with Gasteiger partial charge in [0.15, 0.2) is 0 Å². The van der Waals surface area contributed by atoms with Crippen molar-refractivity contribution < 1.29 is 13.2 Å². The molecule has 7 heteroatoms. The Balaban J connectivity index is 1.42. The monoisotopic (exact) mass is 377 g/mol. The number of hydrogen-bond acceptors (Lipinski definition) is 5. The lowest BCUT2D eigenvalue weighted by Gasteiger charge is -2.39. The van der Waals surface area contributed by atoms with Crippen molar-refractivity contribution in [2.75, 3.05) is 31.1 Å². The quantitative estimate of drug-likeness (QED) is 0.795. The van der Waals surface area contributed by atoms with Gasteiger partial charge in [0.25, 0.3) is 0 Å². The molecule has 1 aromatic heterocycles. The number of rotatable bonds is 3. The van der Waals surface area contributed by atoms with Crippen molar-refractivity contribution in [3.8, 4) is 0 Å². The van der Waals surface area contributed by atoms with Crippen molar-refractivity contribution in [2.45, 2.75) is 38.3 Å². The summed E-state index contributed by atoms with van der Waals surface area (Å²) in [6.45, 7) is 3.56. The van der Waals surface area contributed by atoms with Crippen LogP contribution in [0.2, 0.25) is 0 Å². The highest BCUT2D eigenvalue weighted by Gasteiger charge is 2.40. The molecule has 4 fully saturated rings. The van der Waals surface area contributed by atoms with E-state index in [-0.39, 0.29) is 29.4 Å². The van der Waals surface area contributed by atoms with E-state index in [0.717, 1.165) is 38.3 Å². The molecule has 0 spiro atoms. The van der Waals surface area contributed by atoms with E-state index in [4.69, 9.17) is 0 Å². The van der Waals surface area contributed by atoms with Crippen LogP contribution in [-0.2, 0) is 21.2 Å². The van der Waals surface area contributed by atoms with E-state index >= 15 is 0 Å². The van der Waals surface area contributed by atoms with Gasteiger partial charge in [-0.3, -0.25) is 14.7 Å². The van der Waals surface area contributed by atoms with Crippen LogP contribution >= 0.6 is 0 Å². The second-order valence-electron chi connectivity index (χ2n) is 8.03. The zero-order chi connectivity index (χ0) is 18.1. The Kier molecular flexibility index (Phi) is 5.01. The van der Waals surface area contributed by atoms with Crippen molar-refractivity contribution >= 4 is 15.7 Å². The Morgan fingerprint density at radius 3 is 2.62 bits per heavy atom. The maximum absolute atomic E-state index is 13.1. The van der Waals surface area contributed by atoms with E-state index in [9.17, 15) is 13.2 Å². The van der Waals surface area contributed by atoms with E-state index in [1.165, 1.54) is 6.42 Å². The lowest BCUT2D eigenvalue weighted by Crippen LogP contribution is -2.50. The molecule has 1 amide bonds. The number of fused-ring (bicyclic) bond motifs is 4. The van der Waals surface area contributed by atoms with Gasteiger partial charge < -0.3 is 4.90 Å². The fourth-order valence-corrected chi connectivity index (χ4v) is 6.16. The summed E-state index contributed by atoms with van der Waals surface area (Å²) < 4.78 is 23.3. The summed E-state index contributed by atoms with van der Waals surface area (Å²) >= 11 is 0. The van der Waals surface area contributed by atoms with Crippen molar-refractivity contribution in [1.29, 1.82) is 0 Å². The Labute approximate surface area is 155 Å². The standard InChI is InChI=1S/C19H27N3O3S/c23-19(16-6-9-26(24,25)10-7-16)22-12-15-4-5-18(22)14-21(11-15)13-17-3-1-2-8-20-17/h1-3,8,15-16,18H,4-7,9-14H2/t15-,18+/m1/s1. The maximum atomic E-state index is 13.1. The lowest BCUT2D eigenvalue weighted by atomic mass is 9.92. The van der Waals surface area contributed by atoms with Crippen LogP contribution in [0.5, 0.6) is 0 Å². The molecule has 2 atom stereocenters. The first kappa shape index (κ1) is 17.9. The van der Waals surface area contributed by atoms with Gasteiger partial charge in [-0.2, -0.15) is 0 Å². The first-order valence-corrected chi connectivity index (χ1v) is 11.5. The van der Waals surface area contributed by atoms with E-state index in [0.29, 0.717) is 18.8 Å². The number of piperidine rings is 1. The molecule has 0 N–H and O–H groups in total. The first-order valence-electron chi connectivity index (χ1n) is 9.63. The molecule has 0 unspecified atom stereocenters. The van der Waals surface area contributed by atoms with Gasteiger partial charge in [-0.25, -0.2) is 8.42 Å².